The molecule has 2 aromatic rings. The number of nitrogens with zero attached hydrogens (tertiary/aromatic N) is 1. The van der Waals surface area contributed by atoms with Crippen molar-refractivity contribution in [3.05, 3.63) is 35.4 Å². The van der Waals surface area contributed by atoms with E-state index in [1.54, 1.807) is 0 Å². The van der Waals surface area contributed by atoms with Gasteiger partial charge in [0.25, 0.3) is 0 Å². The highest BCUT2D eigenvalue weighted by Crippen LogP contribution is 2.45. The molecule has 0 unspecified atom stereocenters. The molecule has 1 nitrogen and oxygen atoms in total. The van der Waals surface area contributed by atoms with Gasteiger partial charge in [-0.3, -0.25) is 4.99 Å². The normalized spacial score (nSPS) is 16.8. The lowest BCUT2D eigenvalue weighted by Gasteiger charge is -2.22. The van der Waals surface area contributed by atoms with Crippen LogP contribution in [0.1, 0.15) is 31.9 Å². The van der Waals surface area contributed by atoms with Crippen LogP contribution in [0.5, 0.6) is 0 Å². The zero-order valence-electron chi connectivity index (χ0n) is 11.2. The van der Waals surface area contributed by atoms with Crippen molar-refractivity contribution in [1.82, 2.24) is 0 Å². The first kappa shape index (κ1) is 11.8. The van der Waals surface area contributed by atoms with E-state index in [1.165, 1.54) is 27.6 Å². The second-order valence-electron chi connectivity index (χ2n) is 5.66. The van der Waals surface area contributed by atoms with Gasteiger partial charge in [0.15, 0.2) is 0 Å². The second kappa shape index (κ2) is 3.61. The molecule has 0 radical (unpaired) electrons. The minimum Gasteiger partial charge on any atom is -0.257 e. The zero-order chi connectivity index (χ0) is 13.1. The number of rotatable bonds is 0. The summed E-state index contributed by atoms with van der Waals surface area (Å²) in [5.74, 6) is 0. The molecule has 0 fully saturated rings. The molecule has 18 heavy (non-hydrogen) atoms. The minimum absolute atomic E-state index is 0.0167. The number of thiol groups is 1. The highest BCUT2D eigenvalue weighted by Gasteiger charge is 2.33. The maximum absolute atomic E-state index is 4.71. The predicted octanol–water partition coefficient (Wildman–Crippen LogP) is 4.82. The van der Waals surface area contributed by atoms with E-state index in [1.807, 2.05) is 0 Å². The monoisotopic (exact) mass is 255 g/mol. The number of benzene rings is 2. The Balaban J connectivity index is 2.47. The molecule has 92 valence electrons. The van der Waals surface area contributed by atoms with Crippen molar-refractivity contribution in [2.75, 3.05) is 0 Å². The highest BCUT2D eigenvalue weighted by molar-refractivity contribution is 7.80. The van der Waals surface area contributed by atoms with Crippen LogP contribution in [0.15, 0.2) is 34.2 Å². The van der Waals surface area contributed by atoms with Crippen molar-refractivity contribution in [2.45, 2.75) is 38.0 Å². The summed E-state index contributed by atoms with van der Waals surface area (Å²) in [6.07, 6.45) is 0. The van der Waals surface area contributed by atoms with Crippen LogP contribution >= 0.6 is 12.6 Å². The van der Waals surface area contributed by atoms with E-state index in [9.17, 15) is 0 Å². The molecule has 0 N–H and O–H groups in total. The SMILES string of the molecule is CC1=Nc2ccc3c(S)cc(C)cc3c2C1(C)C. The van der Waals surface area contributed by atoms with Crippen LogP contribution in [-0.4, -0.2) is 5.71 Å². The maximum atomic E-state index is 4.71. The van der Waals surface area contributed by atoms with Crippen LogP contribution < -0.4 is 0 Å². The largest absolute Gasteiger partial charge is 0.257 e. The Kier molecular flexibility index (Phi) is 2.36. The van der Waals surface area contributed by atoms with Crippen LogP contribution in [0.2, 0.25) is 0 Å². The summed E-state index contributed by atoms with van der Waals surface area (Å²) >= 11 is 4.60. The Bertz CT molecular complexity index is 696. The molecule has 0 amide bonds. The second-order valence-corrected chi connectivity index (χ2v) is 6.14. The fourth-order valence-electron chi connectivity index (χ4n) is 2.80. The van der Waals surface area contributed by atoms with Gasteiger partial charge in [-0.25, -0.2) is 0 Å². The topological polar surface area (TPSA) is 12.4 Å². The van der Waals surface area contributed by atoms with Crippen LogP contribution in [0, 0.1) is 6.92 Å². The van der Waals surface area contributed by atoms with Gasteiger partial charge in [-0.2, -0.15) is 0 Å². The standard InChI is InChI=1S/C16H17NS/c1-9-7-12-11(14(18)8-9)5-6-13-15(12)16(3,4)10(2)17-13/h5-8,18H,1-4H3. The summed E-state index contributed by atoms with van der Waals surface area (Å²) in [6, 6.07) is 8.62. The van der Waals surface area contributed by atoms with E-state index in [0.717, 1.165) is 10.6 Å². The molecule has 0 aliphatic carbocycles. The van der Waals surface area contributed by atoms with Crippen molar-refractivity contribution >= 4 is 34.8 Å². The highest BCUT2D eigenvalue weighted by atomic mass is 32.1. The fourth-order valence-corrected chi connectivity index (χ4v) is 3.19. The molecular formula is C16H17NS. The summed E-state index contributed by atoms with van der Waals surface area (Å²) in [5.41, 5.74) is 4.91. The first-order chi connectivity index (χ1) is 8.41. The summed E-state index contributed by atoms with van der Waals surface area (Å²) in [5, 5.41) is 2.52. The summed E-state index contributed by atoms with van der Waals surface area (Å²) in [4.78, 5) is 5.76. The van der Waals surface area contributed by atoms with Crippen molar-refractivity contribution < 1.29 is 0 Å². The summed E-state index contributed by atoms with van der Waals surface area (Å²) < 4.78 is 0. The van der Waals surface area contributed by atoms with Gasteiger partial charge >= 0.3 is 0 Å². The average Bonchev–Trinajstić information content (AvgIpc) is 2.49. The third-order valence-corrected chi connectivity index (χ3v) is 4.42. The molecule has 1 aliphatic rings. The average molecular weight is 255 g/mol. The maximum Gasteiger partial charge on any atom is 0.0677 e. The van der Waals surface area contributed by atoms with E-state index in [0.29, 0.717) is 0 Å². The molecule has 0 saturated carbocycles. The predicted molar refractivity (Wildman–Crippen MR) is 81.7 cm³/mol. The van der Waals surface area contributed by atoms with Gasteiger partial charge in [0.05, 0.1) is 5.69 Å². The van der Waals surface area contributed by atoms with E-state index in [-0.39, 0.29) is 5.41 Å². The molecule has 1 aliphatic heterocycles. The zero-order valence-corrected chi connectivity index (χ0v) is 12.1. The number of aliphatic imine (C=N–C) groups is 1. The Morgan fingerprint density at radius 1 is 1.06 bits per heavy atom. The molecule has 1 heterocycles. The number of aryl methyl sites for hydroxylation is 1. The molecule has 0 spiro atoms. The van der Waals surface area contributed by atoms with Crippen molar-refractivity contribution in [2.24, 2.45) is 4.99 Å². The Labute approximate surface area is 113 Å². The van der Waals surface area contributed by atoms with Crippen LogP contribution in [0.25, 0.3) is 10.8 Å². The Morgan fingerprint density at radius 2 is 1.78 bits per heavy atom. The fraction of sp³-hybridized carbons (Fsp3) is 0.312. The van der Waals surface area contributed by atoms with Crippen LogP contribution in [-0.2, 0) is 5.41 Å². The first-order valence-electron chi connectivity index (χ1n) is 6.24. The molecule has 0 saturated heterocycles. The number of hydrogen-bond acceptors (Lipinski definition) is 2. The molecule has 0 atom stereocenters. The van der Waals surface area contributed by atoms with E-state index < -0.39 is 0 Å². The molecule has 2 aromatic carbocycles. The number of hydrogen-bond donors (Lipinski definition) is 1. The Hall–Kier alpha value is -1.28. The lowest BCUT2D eigenvalue weighted by atomic mass is 9.79. The van der Waals surface area contributed by atoms with E-state index >= 15 is 0 Å². The van der Waals surface area contributed by atoms with Gasteiger partial charge in [-0.1, -0.05) is 26.0 Å². The van der Waals surface area contributed by atoms with Crippen LogP contribution in [0.4, 0.5) is 5.69 Å². The van der Waals surface area contributed by atoms with Crippen LogP contribution in [0.3, 0.4) is 0 Å². The molecule has 3 rings (SSSR count). The van der Waals surface area contributed by atoms with E-state index in [2.05, 4.69) is 64.6 Å². The molecule has 0 aromatic heterocycles. The first-order valence-corrected chi connectivity index (χ1v) is 6.68. The lowest BCUT2D eigenvalue weighted by molar-refractivity contribution is 0.740. The smallest absolute Gasteiger partial charge is 0.0677 e. The van der Waals surface area contributed by atoms with Gasteiger partial charge in [-0.15, -0.1) is 12.6 Å². The third kappa shape index (κ3) is 1.45. The Morgan fingerprint density at radius 3 is 2.50 bits per heavy atom. The summed E-state index contributed by atoms with van der Waals surface area (Å²) in [7, 11) is 0. The molecular weight excluding hydrogens is 238 g/mol. The summed E-state index contributed by atoms with van der Waals surface area (Å²) in [6.45, 7) is 8.73. The third-order valence-electron chi connectivity index (χ3n) is 4.05. The van der Waals surface area contributed by atoms with Crippen molar-refractivity contribution in [3.63, 3.8) is 0 Å². The minimum atomic E-state index is 0.0167. The quantitative estimate of drug-likeness (QED) is 0.648. The van der Waals surface area contributed by atoms with Gasteiger partial charge < -0.3 is 0 Å². The van der Waals surface area contributed by atoms with Gasteiger partial charge in [0, 0.05) is 16.0 Å². The van der Waals surface area contributed by atoms with Gasteiger partial charge in [-0.05, 0) is 47.9 Å². The van der Waals surface area contributed by atoms with Crippen molar-refractivity contribution in [3.8, 4) is 0 Å². The van der Waals surface area contributed by atoms with Gasteiger partial charge in [0.2, 0.25) is 0 Å². The molecule has 0 bridgehead atoms. The van der Waals surface area contributed by atoms with Gasteiger partial charge in [0.1, 0.15) is 0 Å². The van der Waals surface area contributed by atoms with Crippen molar-refractivity contribution in [1.29, 1.82) is 0 Å². The lowest BCUT2D eigenvalue weighted by Crippen LogP contribution is -2.23. The van der Waals surface area contributed by atoms with E-state index in [4.69, 9.17) is 4.99 Å². The molecule has 2 heteroatoms. The number of fused-ring (bicyclic) bond motifs is 3.